The summed E-state index contributed by atoms with van der Waals surface area (Å²) in [6.45, 7) is 4.23. The first kappa shape index (κ1) is 19.7. The Morgan fingerprint density at radius 1 is 1.29 bits per heavy atom. The highest BCUT2D eigenvalue weighted by atomic mass is 32.2. The van der Waals surface area contributed by atoms with Gasteiger partial charge in [0.1, 0.15) is 0 Å². The molecule has 0 atom stereocenters. The number of pyridine rings is 1. The number of hydrogen-bond donors (Lipinski definition) is 2. The highest BCUT2D eigenvalue weighted by molar-refractivity contribution is 8.00. The molecule has 0 radical (unpaired) electrons. The van der Waals surface area contributed by atoms with Crippen molar-refractivity contribution >= 4 is 34.8 Å². The Labute approximate surface area is 167 Å². The number of aromatic hydroxyl groups is 1. The van der Waals surface area contributed by atoms with Gasteiger partial charge < -0.3 is 9.84 Å². The smallest absolute Gasteiger partial charge is 0.250 e. The number of hydrogen-bond acceptors (Lipinski definition) is 6. The van der Waals surface area contributed by atoms with Gasteiger partial charge in [-0.15, -0.1) is 11.8 Å². The number of para-hydroxylation sites is 1. The lowest BCUT2D eigenvalue weighted by molar-refractivity contribution is -0.118. The molecule has 0 aliphatic heterocycles. The molecule has 2 aromatic carbocycles. The number of aromatic nitrogens is 1. The standard InChI is InChI=1S/C21H21N3O3S/c1-3-27-19-11-15(8-9-18(19)25)12-22-24-21(26)13-28-20-10-14(2)23-17-7-5-4-6-16(17)20/h4-12,25H,3,13H2,1-2H3,(H,24,26). The number of carbonyl (C=O) groups excluding carboxylic acids is 1. The van der Waals surface area contributed by atoms with Crippen LogP contribution in [0.15, 0.2) is 58.5 Å². The fraction of sp³-hybridized carbons (Fsp3) is 0.190. The summed E-state index contributed by atoms with van der Waals surface area (Å²) >= 11 is 1.45. The minimum atomic E-state index is -0.205. The normalized spacial score (nSPS) is 11.1. The quantitative estimate of drug-likeness (QED) is 0.360. The summed E-state index contributed by atoms with van der Waals surface area (Å²) in [6, 6.07) is 14.7. The summed E-state index contributed by atoms with van der Waals surface area (Å²) in [5, 5.41) is 14.7. The second kappa shape index (κ2) is 9.23. The zero-order valence-electron chi connectivity index (χ0n) is 15.7. The first-order valence-corrected chi connectivity index (χ1v) is 9.82. The van der Waals surface area contributed by atoms with Crippen LogP contribution in [0.2, 0.25) is 0 Å². The van der Waals surface area contributed by atoms with Crippen LogP contribution in [0, 0.1) is 6.92 Å². The minimum Gasteiger partial charge on any atom is -0.504 e. The summed E-state index contributed by atoms with van der Waals surface area (Å²) in [6.07, 6.45) is 1.51. The number of fused-ring (bicyclic) bond motifs is 1. The van der Waals surface area contributed by atoms with Gasteiger partial charge in [0, 0.05) is 16.0 Å². The number of rotatable bonds is 7. The molecular formula is C21H21N3O3S. The molecule has 0 saturated carbocycles. The number of nitrogens with one attached hydrogen (secondary N) is 1. The van der Waals surface area contributed by atoms with Crippen molar-refractivity contribution in [2.75, 3.05) is 12.4 Å². The molecule has 28 heavy (non-hydrogen) atoms. The van der Waals surface area contributed by atoms with E-state index in [1.54, 1.807) is 12.1 Å². The maximum absolute atomic E-state index is 12.1. The van der Waals surface area contributed by atoms with Crippen molar-refractivity contribution in [2.45, 2.75) is 18.7 Å². The van der Waals surface area contributed by atoms with Crippen molar-refractivity contribution in [3.05, 3.63) is 59.8 Å². The molecule has 0 fully saturated rings. The Balaban J connectivity index is 1.60. The minimum absolute atomic E-state index is 0.0688. The number of carbonyl (C=O) groups is 1. The van der Waals surface area contributed by atoms with Crippen LogP contribution in [0.1, 0.15) is 18.2 Å². The van der Waals surface area contributed by atoms with Gasteiger partial charge in [-0.1, -0.05) is 18.2 Å². The van der Waals surface area contributed by atoms with Crippen LogP contribution in [0.4, 0.5) is 0 Å². The lowest BCUT2D eigenvalue weighted by atomic mass is 10.2. The van der Waals surface area contributed by atoms with E-state index in [1.807, 2.05) is 44.2 Å². The molecule has 0 saturated heterocycles. The van der Waals surface area contributed by atoms with Crippen molar-refractivity contribution in [1.82, 2.24) is 10.4 Å². The number of phenols is 1. The monoisotopic (exact) mass is 395 g/mol. The summed E-state index contributed by atoms with van der Waals surface area (Å²) in [5.41, 5.74) is 5.07. The van der Waals surface area contributed by atoms with E-state index < -0.39 is 0 Å². The van der Waals surface area contributed by atoms with E-state index in [1.165, 1.54) is 24.0 Å². The van der Waals surface area contributed by atoms with Gasteiger partial charge in [-0.2, -0.15) is 5.10 Å². The van der Waals surface area contributed by atoms with Crippen LogP contribution >= 0.6 is 11.8 Å². The Hall–Kier alpha value is -3.06. The van der Waals surface area contributed by atoms with E-state index in [0.717, 1.165) is 21.5 Å². The molecule has 3 rings (SSSR count). The maximum Gasteiger partial charge on any atom is 0.250 e. The first-order chi connectivity index (χ1) is 13.6. The largest absolute Gasteiger partial charge is 0.504 e. The molecule has 0 spiro atoms. The van der Waals surface area contributed by atoms with Crippen LogP contribution < -0.4 is 10.2 Å². The third kappa shape index (κ3) is 5.01. The third-order valence-corrected chi connectivity index (χ3v) is 4.91. The number of nitrogens with zero attached hydrogens (tertiary/aromatic N) is 2. The molecule has 2 N–H and O–H groups in total. The lowest BCUT2D eigenvalue weighted by Gasteiger charge is -2.07. The van der Waals surface area contributed by atoms with E-state index in [2.05, 4.69) is 15.5 Å². The Morgan fingerprint density at radius 3 is 2.93 bits per heavy atom. The highest BCUT2D eigenvalue weighted by Crippen LogP contribution is 2.28. The number of aryl methyl sites for hydroxylation is 1. The van der Waals surface area contributed by atoms with Crippen LogP contribution in [0.5, 0.6) is 11.5 Å². The summed E-state index contributed by atoms with van der Waals surface area (Å²) in [5.74, 6) is 0.487. The Bertz CT molecular complexity index is 1020. The van der Waals surface area contributed by atoms with E-state index in [9.17, 15) is 9.90 Å². The van der Waals surface area contributed by atoms with Gasteiger partial charge in [0.15, 0.2) is 11.5 Å². The molecule has 1 aromatic heterocycles. The molecule has 0 aliphatic rings. The number of benzene rings is 2. The van der Waals surface area contributed by atoms with Crippen molar-refractivity contribution in [2.24, 2.45) is 5.10 Å². The van der Waals surface area contributed by atoms with Crippen LogP contribution in [-0.2, 0) is 4.79 Å². The van der Waals surface area contributed by atoms with Gasteiger partial charge in [0.25, 0.3) is 0 Å². The predicted octanol–water partition coefficient (Wildman–Crippen LogP) is 3.89. The highest BCUT2D eigenvalue weighted by Gasteiger charge is 2.07. The summed E-state index contributed by atoms with van der Waals surface area (Å²) in [4.78, 5) is 17.6. The molecule has 144 valence electrons. The molecule has 0 aliphatic carbocycles. The van der Waals surface area contributed by atoms with Crippen LogP contribution in [-0.4, -0.2) is 34.6 Å². The number of amides is 1. The summed E-state index contributed by atoms with van der Waals surface area (Å²) in [7, 11) is 0. The third-order valence-electron chi connectivity index (χ3n) is 3.85. The topological polar surface area (TPSA) is 83.8 Å². The fourth-order valence-electron chi connectivity index (χ4n) is 2.63. The lowest BCUT2D eigenvalue weighted by Crippen LogP contribution is -2.19. The molecule has 1 heterocycles. The van der Waals surface area contributed by atoms with E-state index in [0.29, 0.717) is 17.9 Å². The van der Waals surface area contributed by atoms with Gasteiger partial charge in [-0.3, -0.25) is 9.78 Å². The van der Waals surface area contributed by atoms with Crippen molar-refractivity contribution in [3.63, 3.8) is 0 Å². The maximum atomic E-state index is 12.1. The van der Waals surface area contributed by atoms with Crippen LogP contribution in [0.3, 0.4) is 0 Å². The van der Waals surface area contributed by atoms with Gasteiger partial charge in [-0.05, 0) is 49.7 Å². The van der Waals surface area contributed by atoms with Gasteiger partial charge >= 0.3 is 0 Å². The molecule has 0 bridgehead atoms. The molecule has 3 aromatic rings. The molecule has 0 unspecified atom stereocenters. The van der Waals surface area contributed by atoms with E-state index in [-0.39, 0.29) is 17.4 Å². The number of thioether (sulfide) groups is 1. The second-order valence-corrected chi connectivity index (χ2v) is 7.04. The fourth-order valence-corrected chi connectivity index (χ4v) is 3.56. The number of ether oxygens (including phenoxy) is 1. The SMILES string of the molecule is CCOc1cc(C=NNC(=O)CSc2cc(C)nc3ccccc23)ccc1O. The Kier molecular flexibility index (Phi) is 6.49. The first-order valence-electron chi connectivity index (χ1n) is 8.83. The average molecular weight is 395 g/mol. The predicted molar refractivity (Wildman–Crippen MR) is 112 cm³/mol. The average Bonchev–Trinajstić information content (AvgIpc) is 2.68. The zero-order chi connectivity index (χ0) is 19.9. The van der Waals surface area contributed by atoms with Gasteiger partial charge in [0.05, 0.1) is 24.1 Å². The van der Waals surface area contributed by atoms with Gasteiger partial charge in [0.2, 0.25) is 5.91 Å². The van der Waals surface area contributed by atoms with Crippen molar-refractivity contribution in [3.8, 4) is 11.5 Å². The second-order valence-electron chi connectivity index (χ2n) is 6.02. The molecule has 7 heteroatoms. The van der Waals surface area contributed by atoms with Crippen molar-refractivity contribution in [1.29, 1.82) is 0 Å². The van der Waals surface area contributed by atoms with E-state index in [4.69, 9.17) is 4.74 Å². The molecule has 6 nitrogen and oxygen atoms in total. The van der Waals surface area contributed by atoms with Crippen LogP contribution in [0.25, 0.3) is 10.9 Å². The number of hydrazone groups is 1. The summed E-state index contributed by atoms with van der Waals surface area (Å²) < 4.78 is 5.33. The van der Waals surface area contributed by atoms with E-state index >= 15 is 0 Å². The number of phenolic OH excluding ortho intramolecular Hbond substituents is 1. The molecule has 1 amide bonds. The van der Waals surface area contributed by atoms with Crippen molar-refractivity contribution < 1.29 is 14.6 Å². The molecular weight excluding hydrogens is 374 g/mol. The van der Waals surface area contributed by atoms with Gasteiger partial charge in [-0.25, -0.2) is 5.43 Å². The Morgan fingerprint density at radius 2 is 2.11 bits per heavy atom. The zero-order valence-corrected chi connectivity index (χ0v) is 16.5.